The molecule has 0 saturated heterocycles. The molecule has 31 heavy (non-hydrogen) atoms. The van der Waals surface area contributed by atoms with E-state index in [9.17, 15) is 14.7 Å². The molecule has 2 N–H and O–H groups in total. The summed E-state index contributed by atoms with van der Waals surface area (Å²) in [5.41, 5.74) is 0.108. The van der Waals surface area contributed by atoms with Crippen LogP contribution in [0.2, 0.25) is 0 Å². The van der Waals surface area contributed by atoms with Crippen molar-refractivity contribution in [3.8, 4) is 5.75 Å². The molecule has 0 aliphatic rings. The van der Waals surface area contributed by atoms with E-state index in [4.69, 9.17) is 4.74 Å². The van der Waals surface area contributed by atoms with Gasteiger partial charge in [0.05, 0.1) is 11.7 Å². The Balaban J connectivity index is 1.93. The Morgan fingerprint density at radius 3 is 2.32 bits per heavy atom. The van der Waals surface area contributed by atoms with E-state index in [0.29, 0.717) is 11.3 Å². The standard InChI is InChI=1S/C25H26BrNO4/c1-16(13-14-17-9-5-4-6-10-17)31-22-19-12-8-7-11-18(19)21(26)15-20(22)23(28)27-25(2,3)24(29)30/h4-12,15-16H,13-14H2,1-3H3,(H,27,28)(H,29,30). The number of halogens is 1. The lowest BCUT2D eigenvalue weighted by Gasteiger charge is -2.24. The van der Waals surface area contributed by atoms with E-state index in [1.165, 1.54) is 19.4 Å². The van der Waals surface area contributed by atoms with Crippen molar-refractivity contribution >= 4 is 38.6 Å². The largest absolute Gasteiger partial charge is 0.489 e. The van der Waals surface area contributed by atoms with Gasteiger partial charge in [-0.1, -0.05) is 70.5 Å². The van der Waals surface area contributed by atoms with Gasteiger partial charge in [-0.3, -0.25) is 4.79 Å². The number of benzene rings is 3. The quantitative estimate of drug-likeness (QED) is 0.437. The zero-order chi connectivity index (χ0) is 22.6. The third kappa shape index (κ3) is 5.44. The van der Waals surface area contributed by atoms with E-state index in [0.717, 1.165) is 28.1 Å². The molecule has 6 heteroatoms. The smallest absolute Gasteiger partial charge is 0.328 e. The summed E-state index contributed by atoms with van der Waals surface area (Å²) in [7, 11) is 0. The van der Waals surface area contributed by atoms with E-state index in [2.05, 4.69) is 33.4 Å². The van der Waals surface area contributed by atoms with Crippen molar-refractivity contribution in [1.29, 1.82) is 0 Å². The predicted molar refractivity (Wildman–Crippen MR) is 126 cm³/mol. The molecule has 0 aliphatic carbocycles. The van der Waals surface area contributed by atoms with Crippen LogP contribution in [-0.4, -0.2) is 28.6 Å². The fourth-order valence-corrected chi connectivity index (χ4v) is 3.85. The highest BCUT2D eigenvalue weighted by Crippen LogP contribution is 2.36. The maximum atomic E-state index is 13.1. The lowest BCUT2D eigenvalue weighted by atomic mass is 10.0. The van der Waals surface area contributed by atoms with Crippen LogP contribution in [0.1, 0.15) is 43.1 Å². The number of aliphatic carboxylic acids is 1. The first-order chi connectivity index (χ1) is 14.7. The SMILES string of the molecule is CC(CCc1ccccc1)Oc1c(C(=O)NC(C)(C)C(=O)O)cc(Br)c2ccccc12. The number of hydrogen-bond donors (Lipinski definition) is 2. The van der Waals surface area contributed by atoms with Gasteiger partial charge in [-0.25, -0.2) is 4.79 Å². The van der Waals surface area contributed by atoms with Gasteiger partial charge in [0.15, 0.2) is 0 Å². The summed E-state index contributed by atoms with van der Waals surface area (Å²) < 4.78 is 7.04. The highest BCUT2D eigenvalue weighted by Gasteiger charge is 2.31. The summed E-state index contributed by atoms with van der Waals surface area (Å²) >= 11 is 3.53. The Kier molecular flexibility index (Phi) is 7.01. The van der Waals surface area contributed by atoms with Crippen molar-refractivity contribution < 1.29 is 19.4 Å². The number of carbonyl (C=O) groups is 2. The number of carboxylic acid groups (broad SMARTS) is 1. The van der Waals surface area contributed by atoms with Gasteiger partial charge < -0.3 is 15.2 Å². The fourth-order valence-electron chi connectivity index (χ4n) is 3.28. The second-order valence-electron chi connectivity index (χ2n) is 8.12. The van der Waals surface area contributed by atoms with Gasteiger partial charge in [-0.05, 0) is 50.6 Å². The molecule has 162 valence electrons. The number of rotatable bonds is 8. The third-order valence-electron chi connectivity index (χ3n) is 5.15. The summed E-state index contributed by atoms with van der Waals surface area (Å²) in [5, 5.41) is 13.7. The molecule has 5 nitrogen and oxygen atoms in total. The molecule has 0 spiro atoms. The Bertz CT molecular complexity index is 1100. The van der Waals surface area contributed by atoms with Crippen LogP contribution in [0.25, 0.3) is 10.8 Å². The van der Waals surface area contributed by atoms with Gasteiger partial charge in [-0.2, -0.15) is 0 Å². The predicted octanol–water partition coefficient (Wildman–Crippen LogP) is 5.60. The second kappa shape index (κ2) is 9.52. The minimum atomic E-state index is -1.41. The molecule has 1 atom stereocenters. The second-order valence-corrected chi connectivity index (χ2v) is 8.97. The monoisotopic (exact) mass is 483 g/mol. The van der Waals surface area contributed by atoms with Crippen LogP contribution in [-0.2, 0) is 11.2 Å². The Hall–Kier alpha value is -2.86. The van der Waals surface area contributed by atoms with Crippen molar-refractivity contribution in [2.75, 3.05) is 0 Å². The van der Waals surface area contributed by atoms with Crippen molar-refractivity contribution in [2.24, 2.45) is 0 Å². The van der Waals surface area contributed by atoms with Crippen LogP contribution in [0, 0.1) is 0 Å². The van der Waals surface area contributed by atoms with Gasteiger partial charge in [0.1, 0.15) is 11.3 Å². The molecule has 0 radical (unpaired) electrons. The molecule has 0 heterocycles. The van der Waals surface area contributed by atoms with E-state index in [1.807, 2.05) is 49.4 Å². The molecule has 1 unspecified atom stereocenters. The van der Waals surface area contributed by atoms with Crippen molar-refractivity contribution in [3.63, 3.8) is 0 Å². The molecule has 0 fully saturated rings. The molecule has 1 amide bonds. The van der Waals surface area contributed by atoms with Gasteiger partial charge in [-0.15, -0.1) is 0 Å². The van der Waals surface area contributed by atoms with Gasteiger partial charge in [0.25, 0.3) is 5.91 Å². The van der Waals surface area contributed by atoms with E-state index < -0.39 is 17.4 Å². The first-order valence-corrected chi connectivity index (χ1v) is 11.0. The number of hydrogen-bond acceptors (Lipinski definition) is 3. The maximum Gasteiger partial charge on any atom is 0.328 e. The van der Waals surface area contributed by atoms with E-state index >= 15 is 0 Å². The number of fused-ring (bicyclic) bond motifs is 1. The van der Waals surface area contributed by atoms with Crippen molar-refractivity contribution in [3.05, 3.63) is 76.3 Å². The first kappa shape index (κ1) is 22.8. The van der Waals surface area contributed by atoms with Gasteiger partial charge in [0.2, 0.25) is 0 Å². The highest BCUT2D eigenvalue weighted by atomic mass is 79.9. The Morgan fingerprint density at radius 1 is 1.06 bits per heavy atom. The molecular weight excluding hydrogens is 458 g/mol. The highest BCUT2D eigenvalue weighted by molar-refractivity contribution is 9.10. The lowest BCUT2D eigenvalue weighted by molar-refractivity contribution is -0.143. The van der Waals surface area contributed by atoms with Gasteiger partial charge >= 0.3 is 5.97 Å². The van der Waals surface area contributed by atoms with Gasteiger partial charge in [0, 0.05) is 9.86 Å². The molecule has 3 aromatic carbocycles. The maximum absolute atomic E-state index is 13.1. The molecule has 0 aliphatic heterocycles. The Morgan fingerprint density at radius 2 is 1.68 bits per heavy atom. The molecular formula is C25H26BrNO4. The fraction of sp³-hybridized carbons (Fsp3) is 0.280. The van der Waals surface area contributed by atoms with Crippen LogP contribution in [0.15, 0.2) is 65.1 Å². The zero-order valence-electron chi connectivity index (χ0n) is 17.8. The van der Waals surface area contributed by atoms with Crippen LogP contribution in [0.3, 0.4) is 0 Å². The van der Waals surface area contributed by atoms with Crippen molar-refractivity contribution in [1.82, 2.24) is 5.32 Å². The molecule has 0 bridgehead atoms. The van der Waals surface area contributed by atoms with E-state index in [-0.39, 0.29) is 6.10 Å². The summed E-state index contributed by atoms with van der Waals surface area (Å²) in [6.07, 6.45) is 1.48. The number of aryl methyl sites for hydroxylation is 1. The topological polar surface area (TPSA) is 75.6 Å². The van der Waals surface area contributed by atoms with Crippen molar-refractivity contribution in [2.45, 2.75) is 45.3 Å². The van der Waals surface area contributed by atoms with Crippen LogP contribution in [0.4, 0.5) is 0 Å². The number of nitrogens with one attached hydrogen (secondary N) is 1. The van der Waals surface area contributed by atoms with Crippen LogP contribution >= 0.6 is 15.9 Å². The van der Waals surface area contributed by atoms with Crippen LogP contribution < -0.4 is 10.1 Å². The minimum Gasteiger partial charge on any atom is -0.489 e. The normalized spacial score (nSPS) is 12.4. The van der Waals surface area contributed by atoms with E-state index in [1.54, 1.807) is 6.07 Å². The number of carboxylic acids is 1. The Labute approximate surface area is 190 Å². The zero-order valence-corrected chi connectivity index (χ0v) is 19.4. The summed E-state index contributed by atoms with van der Waals surface area (Å²) in [6.45, 7) is 4.88. The molecule has 0 aromatic heterocycles. The molecule has 3 rings (SSSR count). The average molecular weight is 484 g/mol. The average Bonchev–Trinajstić information content (AvgIpc) is 2.74. The van der Waals surface area contributed by atoms with Crippen LogP contribution in [0.5, 0.6) is 5.75 Å². The summed E-state index contributed by atoms with van der Waals surface area (Å²) in [5.74, 6) is -1.15. The number of ether oxygens (including phenoxy) is 1. The lowest BCUT2D eigenvalue weighted by Crippen LogP contribution is -2.49. The number of carbonyl (C=O) groups excluding carboxylic acids is 1. The molecule has 3 aromatic rings. The third-order valence-corrected chi connectivity index (χ3v) is 5.81. The number of amides is 1. The first-order valence-electron chi connectivity index (χ1n) is 10.2. The summed E-state index contributed by atoms with van der Waals surface area (Å²) in [4.78, 5) is 24.6. The molecule has 0 saturated carbocycles. The summed E-state index contributed by atoms with van der Waals surface area (Å²) in [6, 6.07) is 19.5. The minimum absolute atomic E-state index is 0.149.